The first-order chi connectivity index (χ1) is 15.7. The molecule has 2 aromatic carbocycles. The van der Waals surface area contributed by atoms with Crippen LogP contribution in [0.1, 0.15) is 37.5 Å². The second kappa shape index (κ2) is 10.5. The van der Waals surface area contributed by atoms with Crippen molar-refractivity contribution in [2.45, 2.75) is 26.3 Å². The van der Waals surface area contributed by atoms with E-state index in [4.69, 9.17) is 23.2 Å². The molecule has 0 saturated carbocycles. The van der Waals surface area contributed by atoms with Crippen molar-refractivity contribution >= 4 is 46.7 Å². The van der Waals surface area contributed by atoms with Crippen LogP contribution in [-0.4, -0.2) is 33.9 Å². The lowest BCUT2D eigenvalue weighted by atomic mass is 10.0. The molecule has 0 unspecified atom stereocenters. The molecule has 33 heavy (non-hydrogen) atoms. The summed E-state index contributed by atoms with van der Waals surface area (Å²) in [4.78, 5) is 41.1. The fraction of sp³-hybridized carbons (Fsp3) is 0.167. The number of carboxylic acids is 1. The fourth-order valence-electron chi connectivity index (χ4n) is 3.34. The summed E-state index contributed by atoms with van der Waals surface area (Å²) in [7, 11) is 0. The minimum Gasteiger partial charge on any atom is -0.480 e. The number of aliphatic carboxylic acids is 1. The normalized spacial score (nSPS) is 11.5. The summed E-state index contributed by atoms with van der Waals surface area (Å²) in [5.41, 5.74) is 3.17. The van der Waals surface area contributed by atoms with E-state index >= 15 is 0 Å². The van der Waals surface area contributed by atoms with Gasteiger partial charge in [-0.2, -0.15) is 0 Å². The molecule has 3 aromatic rings. The second-order valence-corrected chi connectivity index (χ2v) is 8.22. The van der Waals surface area contributed by atoms with Gasteiger partial charge in [-0.25, -0.2) is 4.79 Å². The predicted octanol–water partition coefficient (Wildman–Crippen LogP) is 4.68. The lowest BCUT2D eigenvalue weighted by molar-refractivity contribution is -0.139. The summed E-state index contributed by atoms with van der Waals surface area (Å²) in [6, 6.07) is 11.9. The molecule has 170 valence electrons. The summed E-state index contributed by atoms with van der Waals surface area (Å²) in [6.45, 7) is 3.60. The van der Waals surface area contributed by atoms with Gasteiger partial charge in [0.1, 0.15) is 6.04 Å². The van der Waals surface area contributed by atoms with Crippen LogP contribution in [0.25, 0.3) is 0 Å². The maximum Gasteiger partial charge on any atom is 0.326 e. The largest absolute Gasteiger partial charge is 0.480 e. The van der Waals surface area contributed by atoms with Crippen LogP contribution in [-0.2, 0) is 11.2 Å². The molecule has 0 radical (unpaired) electrons. The first-order valence-electron chi connectivity index (χ1n) is 9.97. The highest BCUT2D eigenvalue weighted by Crippen LogP contribution is 2.24. The molecule has 7 nitrogen and oxygen atoms in total. The highest BCUT2D eigenvalue weighted by molar-refractivity contribution is 6.39. The smallest absolute Gasteiger partial charge is 0.326 e. The van der Waals surface area contributed by atoms with E-state index < -0.39 is 17.9 Å². The van der Waals surface area contributed by atoms with E-state index in [1.807, 2.05) is 6.92 Å². The second-order valence-electron chi connectivity index (χ2n) is 7.40. The van der Waals surface area contributed by atoms with Crippen LogP contribution < -0.4 is 10.6 Å². The van der Waals surface area contributed by atoms with E-state index in [9.17, 15) is 19.5 Å². The quantitative estimate of drug-likeness (QED) is 0.449. The Morgan fingerprint density at radius 1 is 0.939 bits per heavy atom. The first-order valence-corrected chi connectivity index (χ1v) is 10.7. The molecule has 0 spiro atoms. The highest BCUT2D eigenvalue weighted by Gasteiger charge is 2.24. The van der Waals surface area contributed by atoms with Gasteiger partial charge >= 0.3 is 5.97 Å². The van der Waals surface area contributed by atoms with Crippen molar-refractivity contribution < 1.29 is 19.5 Å². The molecule has 3 rings (SSSR count). The summed E-state index contributed by atoms with van der Waals surface area (Å²) >= 11 is 12.1. The Hall–Kier alpha value is -3.42. The summed E-state index contributed by atoms with van der Waals surface area (Å²) in [5.74, 6) is -2.16. The van der Waals surface area contributed by atoms with Crippen molar-refractivity contribution in [2.75, 3.05) is 5.32 Å². The number of carbonyl (C=O) groups is 3. The number of rotatable bonds is 7. The van der Waals surface area contributed by atoms with Gasteiger partial charge in [-0.05, 0) is 55.3 Å². The van der Waals surface area contributed by atoms with Gasteiger partial charge in [-0.15, -0.1) is 0 Å². The molecule has 2 amide bonds. The number of carboxylic acid groups (broad SMARTS) is 1. The SMILES string of the molecule is Cc1ccnc(C)c1C(=O)Nc1ccc(C[C@H](NC(=O)c2c(Cl)cccc2Cl)C(=O)O)cc1. The third kappa shape index (κ3) is 5.88. The topological polar surface area (TPSA) is 108 Å². The fourth-order valence-corrected chi connectivity index (χ4v) is 3.91. The first kappa shape index (κ1) is 24.2. The molecular formula is C24H21Cl2N3O4. The van der Waals surface area contributed by atoms with E-state index in [1.54, 1.807) is 49.5 Å². The van der Waals surface area contributed by atoms with E-state index in [2.05, 4.69) is 15.6 Å². The molecule has 3 N–H and O–H groups in total. The van der Waals surface area contributed by atoms with Crippen LogP contribution in [0.15, 0.2) is 54.7 Å². The van der Waals surface area contributed by atoms with Gasteiger partial charge in [0.25, 0.3) is 11.8 Å². The van der Waals surface area contributed by atoms with E-state index in [1.165, 1.54) is 12.1 Å². The monoisotopic (exact) mass is 485 g/mol. The van der Waals surface area contributed by atoms with Gasteiger partial charge in [0.15, 0.2) is 0 Å². The lowest BCUT2D eigenvalue weighted by Gasteiger charge is -2.16. The van der Waals surface area contributed by atoms with Crippen molar-refractivity contribution in [3.63, 3.8) is 0 Å². The van der Waals surface area contributed by atoms with Crippen LogP contribution in [0.5, 0.6) is 0 Å². The van der Waals surface area contributed by atoms with Crippen LogP contribution >= 0.6 is 23.2 Å². The molecular weight excluding hydrogens is 465 g/mol. The van der Waals surface area contributed by atoms with Crippen LogP contribution in [0.2, 0.25) is 10.0 Å². The summed E-state index contributed by atoms with van der Waals surface area (Å²) < 4.78 is 0. The highest BCUT2D eigenvalue weighted by atomic mass is 35.5. The molecule has 1 atom stereocenters. The molecule has 0 bridgehead atoms. The Kier molecular flexibility index (Phi) is 7.68. The number of benzene rings is 2. The van der Waals surface area contributed by atoms with Crippen molar-refractivity contribution in [3.05, 3.63) is 92.7 Å². The number of nitrogens with one attached hydrogen (secondary N) is 2. The molecule has 0 fully saturated rings. The Morgan fingerprint density at radius 2 is 1.58 bits per heavy atom. The van der Waals surface area contributed by atoms with E-state index in [0.29, 0.717) is 22.5 Å². The molecule has 9 heteroatoms. The number of halogens is 2. The average molecular weight is 486 g/mol. The molecule has 0 aliphatic heterocycles. The number of carbonyl (C=O) groups excluding carboxylic acids is 2. The average Bonchev–Trinajstić information content (AvgIpc) is 2.74. The molecule has 0 saturated heterocycles. The number of amides is 2. The zero-order chi connectivity index (χ0) is 24.1. The third-order valence-corrected chi connectivity index (χ3v) is 5.65. The standard InChI is InChI=1S/C24H21Cl2N3O4/c1-13-10-11-27-14(2)20(13)22(30)28-16-8-6-15(7-9-16)12-19(24(32)33)29-23(31)21-17(25)4-3-5-18(21)26/h3-11,19H,12H2,1-2H3,(H,28,30)(H,29,31)(H,32,33)/t19-/m0/s1. The van der Waals surface area contributed by atoms with Crippen molar-refractivity contribution in [1.82, 2.24) is 10.3 Å². The number of pyridine rings is 1. The molecule has 0 aliphatic rings. The third-order valence-electron chi connectivity index (χ3n) is 5.02. The number of hydrogen-bond acceptors (Lipinski definition) is 4. The van der Waals surface area contributed by atoms with Crippen molar-refractivity contribution in [1.29, 1.82) is 0 Å². The van der Waals surface area contributed by atoms with Gasteiger partial charge in [-0.1, -0.05) is 41.4 Å². The van der Waals surface area contributed by atoms with Crippen LogP contribution in [0, 0.1) is 13.8 Å². The lowest BCUT2D eigenvalue weighted by Crippen LogP contribution is -2.42. The van der Waals surface area contributed by atoms with Crippen LogP contribution in [0.3, 0.4) is 0 Å². The van der Waals surface area contributed by atoms with Gasteiger partial charge in [-0.3, -0.25) is 14.6 Å². The molecule has 1 heterocycles. The summed E-state index contributed by atoms with van der Waals surface area (Å²) in [6.07, 6.45) is 1.67. The Morgan fingerprint density at radius 3 is 2.15 bits per heavy atom. The van der Waals surface area contributed by atoms with E-state index in [-0.39, 0.29) is 27.9 Å². The minimum absolute atomic E-state index is 0.0196. The van der Waals surface area contributed by atoms with Gasteiger partial charge in [0.05, 0.1) is 26.9 Å². The van der Waals surface area contributed by atoms with Crippen molar-refractivity contribution in [2.24, 2.45) is 0 Å². The van der Waals surface area contributed by atoms with Gasteiger partial charge in [0, 0.05) is 18.3 Å². The maximum absolute atomic E-state index is 12.6. The summed E-state index contributed by atoms with van der Waals surface area (Å²) in [5, 5.41) is 15.1. The zero-order valence-electron chi connectivity index (χ0n) is 17.9. The number of hydrogen-bond donors (Lipinski definition) is 3. The Bertz CT molecular complexity index is 1170. The van der Waals surface area contributed by atoms with E-state index in [0.717, 1.165) is 5.56 Å². The molecule has 1 aromatic heterocycles. The van der Waals surface area contributed by atoms with Gasteiger partial charge < -0.3 is 15.7 Å². The number of aryl methyl sites for hydroxylation is 2. The molecule has 0 aliphatic carbocycles. The Balaban J connectivity index is 1.70. The maximum atomic E-state index is 12.6. The predicted molar refractivity (Wildman–Crippen MR) is 127 cm³/mol. The number of nitrogens with zero attached hydrogens (tertiary/aromatic N) is 1. The van der Waals surface area contributed by atoms with Crippen molar-refractivity contribution in [3.8, 4) is 0 Å². The number of anilines is 1. The number of aromatic nitrogens is 1. The van der Waals surface area contributed by atoms with Crippen LogP contribution in [0.4, 0.5) is 5.69 Å². The van der Waals surface area contributed by atoms with Gasteiger partial charge in [0.2, 0.25) is 0 Å². The zero-order valence-corrected chi connectivity index (χ0v) is 19.4. The Labute approximate surface area is 200 Å². The minimum atomic E-state index is -1.20.